The lowest BCUT2D eigenvalue weighted by Gasteiger charge is -2.08. The second-order valence-corrected chi connectivity index (χ2v) is 4.25. The Morgan fingerprint density at radius 2 is 1.95 bits per heavy atom. The molecule has 0 aliphatic carbocycles. The van der Waals surface area contributed by atoms with Gasteiger partial charge in [0.15, 0.2) is 11.6 Å². The number of halogens is 3. The summed E-state index contributed by atoms with van der Waals surface area (Å²) >= 11 is 5.72. The van der Waals surface area contributed by atoms with Gasteiger partial charge in [-0.3, -0.25) is 10.1 Å². The number of hydrogen-bond acceptors (Lipinski definition) is 5. The highest BCUT2D eigenvalue weighted by Crippen LogP contribution is 2.20. The van der Waals surface area contributed by atoms with Crippen LogP contribution in [-0.2, 0) is 0 Å². The summed E-state index contributed by atoms with van der Waals surface area (Å²) in [6.07, 6.45) is 0. The summed E-state index contributed by atoms with van der Waals surface area (Å²) in [7, 11) is 1.36. The predicted molar refractivity (Wildman–Crippen MR) is 72.3 cm³/mol. The second kappa shape index (κ2) is 5.88. The van der Waals surface area contributed by atoms with Gasteiger partial charge in [-0.15, -0.1) is 0 Å². The van der Waals surface area contributed by atoms with E-state index in [0.29, 0.717) is 12.1 Å². The fourth-order valence-electron chi connectivity index (χ4n) is 1.49. The van der Waals surface area contributed by atoms with Crippen LogP contribution in [0, 0.1) is 11.6 Å². The van der Waals surface area contributed by atoms with E-state index >= 15 is 0 Å². The monoisotopic (exact) mass is 314 g/mol. The number of carbonyl (C=O) groups is 1. The number of hydrogen-bond donors (Lipinski definition) is 2. The third-order valence-corrected chi connectivity index (χ3v) is 2.64. The van der Waals surface area contributed by atoms with Crippen LogP contribution in [-0.4, -0.2) is 23.0 Å². The number of methoxy groups -OCH3 is 1. The molecule has 6 nitrogen and oxygen atoms in total. The van der Waals surface area contributed by atoms with Gasteiger partial charge in [-0.05, 0) is 6.07 Å². The van der Waals surface area contributed by atoms with Crippen LogP contribution in [0.2, 0.25) is 5.15 Å². The molecule has 0 aliphatic rings. The summed E-state index contributed by atoms with van der Waals surface area (Å²) in [6, 6.07) is 2.73. The van der Waals surface area contributed by atoms with Crippen LogP contribution < -0.4 is 15.8 Å². The fraction of sp³-hybridized carbons (Fsp3) is 0.0833. The zero-order valence-corrected chi connectivity index (χ0v) is 11.4. The van der Waals surface area contributed by atoms with Gasteiger partial charge in [-0.2, -0.15) is 4.98 Å². The van der Waals surface area contributed by atoms with E-state index in [1.807, 2.05) is 0 Å². The van der Waals surface area contributed by atoms with Crippen molar-refractivity contribution in [3.8, 4) is 5.88 Å². The summed E-state index contributed by atoms with van der Waals surface area (Å²) in [5.74, 6) is -3.18. The highest BCUT2D eigenvalue weighted by atomic mass is 35.5. The van der Waals surface area contributed by atoms with Gasteiger partial charge in [-0.25, -0.2) is 13.8 Å². The van der Waals surface area contributed by atoms with E-state index in [-0.39, 0.29) is 28.2 Å². The number of aromatic nitrogens is 2. The Kier molecular flexibility index (Phi) is 4.18. The van der Waals surface area contributed by atoms with E-state index < -0.39 is 17.5 Å². The largest absolute Gasteiger partial charge is 0.481 e. The molecule has 21 heavy (non-hydrogen) atoms. The SMILES string of the molecule is COc1cc(Cl)nc(NC(=O)c2cc(F)c(F)cc2N)n1. The molecule has 1 aromatic carbocycles. The lowest BCUT2D eigenvalue weighted by Crippen LogP contribution is -2.17. The molecule has 1 aromatic heterocycles. The van der Waals surface area contributed by atoms with E-state index in [9.17, 15) is 13.6 Å². The minimum absolute atomic E-state index is 0.0374. The normalized spacial score (nSPS) is 10.3. The van der Waals surface area contributed by atoms with Crippen LogP contribution in [0.15, 0.2) is 18.2 Å². The number of nitrogens with two attached hydrogens (primary N) is 1. The number of nitrogen functional groups attached to an aromatic ring is 1. The lowest BCUT2D eigenvalue weighted by atomic mass is 10.1. The molecule has 1 amide bonds. The first-order valence-electron chi connectivity index (χ1n) is 5.55. The number of amides is 1. The molecule has 0 radical (unpaired) electrons. The summed E-state index contributed by atoms with van der Waals surface area (Å²) < 4.78 is 31.0. The Bertz CT molecular complexity index is 712. The third kappa shape index (κ3) is 3.34. The van der Waals surface area contributed by atoms with Crippen LogP contribution in [0.1, 0.15) is 10.4 Å². The molecule has 0 spiro atoms. The number of ether oxygens (including phenoxy) is 1. The topological polar surface area (TPSA) is 90.1 Å². The molecule has 0 bridgehead atoms. The van der Waals surface area contributed by atoms with E-state index in [0.717, 1.165) is 0 Å². The van der Waals surface area contributed by atoms with Gasteiger partial charge in [0.1, 0.15) is 5.15 Å². The van der Waals surface area contributed by atoms with Gasteiger partial charge in [0.05, 0.1) is 12.7 Å². The standard InChI is InChI=1S/C12H9ClF2N4O2/c1-21-10-4-9(13)17-12(18-10)19-11(20)5-2-6(14)7(15)3-8(5)16/h2-4H,16H2,1H3,(H,17,18,19,20). The first-order chi connectivity index (χ1) is 9.90. The maximum absolute atomic E-state index is 13.2. The Balaban J connectivity index is 2.30. The molecule has 0 saturated heterocycles. The highest BCUT2D eigenvalue weighted by molar-refractivity contribution is 6.29. The van der Waals surface area contributed by atoms with Crippen LogP contribution in [0.4, 0.5) is 20.4 Å². The first-order valence-corrected chi connectivity index (χ1v) is 5.93. The van der Waals surface area contributed by atoms with E-state index in [1.54, 1.807) is 0 Å². The molecule has 9 heteroatoms. The molecule has 0 aliphatic heterocycles. The predicted octanol–water partition coefficient (Wildman–Crippen LogP) is 2.25. The van der Waals surface area contributed by atoms with Gasteiger partial charge < -0.3 is 10.5 Å². The summed E-state index contributed by atoms with van der Waals surface area (Å²) in [4.78, 5) is 19.5. The average Bonchev–Trinajstić information content (AvgIpc) is 2.42. The summed E-state index contributed by atoms with van der Waals surface area (Å²) in [6.45, 7) is 0. The summed E-state index contributed by atoms with van der Waals surface area (Å²) in [5, 5.41) is 2.30. The zero-order valence-electron chi connectivity index (χ0n) is 10.7. The molecule has 0 atom stereocenters. The number of nitrogens with zero attached hydrogens (tertiary/aromatic N) is 2. The molecule has 3 N–H and O–H groups in total. The number of anilines is 2. The quantitative estimate of drug-likeness (QED) is 0.670. The van der Waals surface area contributed by atoms with Crippen molar-refractivity contribution < 1.29 is 18.3 Å². The third-order valence-electron chi connectivity index (χ3n) is 2.44. The van der Waals surface area contributed by atoms with Crippen LogP contribution in [0.25, 0.3) is 0 Å². The zero-order chi connectivity index (χ0) is 15.6. The van der Waals surface area contributed by atoms with Crippen molar-refractivity contribution in [3.05, 3.63) is 40.6 Å². The number of nitrogens with one attached hydrogen (secondary N) is 1. The van der Waals surface area contributed by atoms with Crippen molar-refractivity contribution in [2.75, 3.05) is 18.2 Å². The Labute approximate surface area is 122 Å². The Morgan fingerprint density at radius 1 is 1.29 bits per heavy atom. The second-order valence-electron chi connectivity index (χ2n) is 3.86. The van der Waals surface area contributed by atoms with Gasteiger partial charge in [-0.1, -0.05) is 11.6 Å². The Morgan fingerprint density at radius 3 is 2.62 bits per heavy atom. The van der Waals surface area contributed by atoms with Crippen LogP contribution in [0.3, 0.4) is 0 Å². The van der Waals surface area contributed by atoms with Crippen molar-refractivity contribution in [2.45, 2.75) is 0 Å². The minimum atomic E-state index is -1.20. The fourth-order valence-corrected chi connectivity index (χ4v) is 1.66. The molecule has 0 fully saturated rings. The van der Waals surface area contributed by atoms with Gasteiger partial charge >= 0.3 is 0 Å². The van der Waals surface area contributed by atoms with Crippen molar-refractivity contribution in [1.82, 2.24) is 9.97 Å². The van der Waals surface area contributed by atoms with Crippen LogP contribution >= 0.6 is 11.6 Å². The lowest BCUT2D eigenvalue weighted by molar-refractivity contribution is 0.102. The van der Waals surface area contributed by atoms with Crippen molar-refractivity contribution in [3.63, 3.8) is 0 Å². The van der Waals surface area contributed by atoms with Gasteiger partial charge in [0.25, 0.3) is 5.91 Å². The highest BCUT2D eigenvalue weighted by Gasteiger charge is 2.16. The summed E-state index contributed by atoms with van der Waals surface area (Å²) in [5.41, 5.74) is 5.00. The number of rotatable bonds is 3. The molecule has 0 saturated carbocycles. The molecule has 0 unspecified atom stereocenters. The maximum atomic E-state index is 13.2. The van der Waals surface area contributed by atoms with Crippen molar-refractivity contribution in [2.24, 2.45) is 0 Å². The molecule has 2 aromatic rings. The first kappa shape index (κ1) is 14.9. The smallest absolute Gasteiger partial charge is 0.260 e. The van der Waals surface area contributed by atoms with Crippen LogP contribution in [0.5, 0.6) is 5.88 Å². The molecule has 110 valence electrons. The molecule has 1 heterocycles. The average molecular weight is 315 g/mol. The van der Waals surface area contributed by atoms with E-state index in [2.05, 4.69) is 15.3 Å². The van der Waals surface area contributed by atoms with E-state index in [1.165, 1.54) is 13.2 Å². The number of carbonyl (C=O) groups excluding carboxylic acids is 1. The van der Waals surface area contributed by atoms with Gasteiger partial charge in [0.2, 0.25) is 11.8 Å². The van der Waals surface area contributed by atoms with E-state index in [4.69, 9.17) is 22.1 Å². The van der Waals surface area contributed by atoms with Crippen molar-refractivity contribution in [1.29, 1.82) is 0 Å². The maximum Gasteiger partial charge on any atom is 0.260 e. The minimum Gasteiger partial charge on any atom is -0.481 e. The number of benzene rings is 1. The molecule has 2 rings (SSSR count). The van der Waals surface area contributed by atoms with Gasteiger partial charge in [0, 0.05) is 17.8 Å². The Hall–Kier alpha value is -2.48. The molecular formula is C12H9ClF2N4O2. The van der Waals surface area contributed by atoms with Crippen molar-refractivity contribution >= 4 is 29.1 Å². The molecular weight excluding hydrogens is 306 g/mol.